The third-order valence-corrected chi connectivity index (χ3v) is 2.61. The monoisotopic (exact) mass is 223 g/mol. The summed E-state index contributed by atoms with van der Waals surface area (Å²) >= 11 is 1.55. The summed E-state index contributed by atoms with van der Waals surface area (Å²) in [5.74, 6) is -0.0661. The van der Waals surface area contributed by atoms with Crippen LogP contribution in [-0.2, 0) is 6.54 Å². The van der Waals surface area contributed by atoms with Crippen LogP contribution in [0.15, 0.2) is 12.5 Å². The fraction of sp³-hybridized carbons (Fsp3) is 0.250. The summed E-state index contributed by atoms with van der Waals surface area (Å²) in [5, 5.41) is 9.65. The normalized spacial score (nSPS) is 10.2. The van der Waals surface area contributed by atoms with Crippen molar-refractivity contribution in [2.75, 3.05) is 0 Å². The number of aromatic nitrogens is 4. The highest BCUT2D eigenvalue weighted by Gasteiger charge is 2.08. The Morgan fingerprint density at radius 2 is 2.47 bits per heavy atom. The fourth-order valence-electron chi connectivity index (χ4n) is 1.04. The topological polar surface area (TPSA) is 83.6 Å². The van der Waals surface area contributed by atoms with Crippen LogP contribution in [0.2, 0.25) is 0 Å². The van der Waals surface area contributed by atoms with Crippen molar-refractivity contribution in [3.8, 4) is 0 Å². The lowest BCUT2D eigenvalue weighted by Gasteiger charge is -1.98. The summed E-state index contributed by atoms with van der Waals surface area (Å²) in [7, 11) is 0. The van der Waals surface area contributed by atoms with Gasteiger partial charge in [0.25, 0.3) is 5.91 Å². The molecule has 1 amide bonds. The van der Waals surface area contributed by atoms with Gasteiger partial charge in [-0.3, -0.25) is 9.89 Å². The maximum Gasteiger partial charge on any atom is 0.288 e. The second-order valence-electron chi connectivity index (χ2n) is 2.88. The minimum Gasteiger partial charge on any atom is -0.343 e. The fourth-order valence-corrected chi connectivity index (χ4v) is 1.76. The first kappa shape index (κ1) is 9.78. The highest BCUT2D eigenvalue weighted by atomic mass is 32.1. The van der Waals surface area contributed by atoms with Crippen molar-refractivity contribution in [3.63, 3.8) is 0 Å². The Balaban J connectivity index is 1.91. The first-order valence-electron chi connectivity index (χ1n) is 4.30. The van der Waals surface area contributed by atoms with Gasteiger partial charge in [-0.15, -0.1) is 11.3 Å². The average Bonchev–Trinajstić information content (AvgIpc) is 2.84. The van der Waals surface area contributed by atoms with E-state index in [1.807, 2.05) is 6.92 Å². The van der Waals surface area contributed by atoms with Crippen LogP contribution in [0.25, 0.3) is 0 Å². The summed E-state index contributed by atoms with van der Waals surface area (Å²) in [4.78, 5) is 20.4. The molecule has 0 radical (unpaired) electrons. The van der Waals surface area contributed by atoms with Crippen molar-refractivity contribution in [1.82, 2.24) is 25.5 Å². The molecule has 0 aliphatic carbocycles. The highest BCUT2D eigenvalue weighted by molar-refractivity contribution is 7.11. The Labute approximate surface area is 89.8 Å². The number of aryl methyl sites for hydroxylation is 1. The zero-order valence-corrected chi connectivity index (χ0v) is 8.84. The molecule has 2 heterocycles. The van der Waals surface area contributed by atoms with Gasteiger partial charge < -0.3 is 5.32 Å². The zero-order valence-electron chi connectivity index (χ0n) is 8.02. The molecule has 0 aliphatic heterocycles. The van der Waals surface area contributed by atoms with Crippen molar-refractivity contribution in [2.45, 2.75) is 13.5 Å². The molecule has 2 rings (SSSR count). The standard InChI is InChI=1S/C8H9N5OS/c1-5-2-9-6(15-5)3-10-8(14)7-11-4-12-13-7/h2,4H,3H2,1H3,(H,10,14)(H,11,12,13). The molecular formula is C8H9N5OS. The van der Waals surface area contributed by atoms with E-state index >= 15 is 0 Å². The minimum atomic E-state index is -0.277. The van der Waals surface area contributed by atoms with Gasteiger partial charge in [0.1, 0.15) is 11.3 Å². The molecule has 0 bridgehead atoms. The number of aromatic amines is 1. The molecule has 15 heavy (non-hydrogen) atoms. The molecule has 0 aromatic carbocycles. The second-order valence-corrected chi connectivity index (χ2v) is 4.20. The van der Waals surface area contributed by atoms with Crippen LogP contribution in [0, 0.1) is 6.92 Å². The Kier molecular flexibility index (Phi) is 2.72. The Hall–Kier alpha value is -1.76. The van der Waals surface area contributed by atoms with Gasteiger partial charge in [-0.2, -0.15) is 5.10 Å². The highest BCUT2D eigenvalue weighted by Crippen LogP contribution is 2.10. The Bertz CT molecular complexity index is 449. The quantitative estimate of drug-likeness (QED) is 0.793. The van der Waals surface area contributed by atoms with Crippen LogP contribution < -0.4 is 5.32 Å². The number of nitrogens with one attached hydrogen (secondary N) is 2. The Morgan fingerprint density at radius 1 is 1.60 bits per heavy atom. The van der Waals surface area contributed by atoms with Crippen molar-refractivity contribution in [3.05, 3.63) is 28.2 Å². The lowest BCUT2D eigenvalue weighted by atomic mass is 10.5. The number of thiazole rings is 1. The number of H-pyrrole nitrogens is 1. The summed E-state index contributed by atoms with van der Waals surface area (Å²) in [6, 6.07) is 0. The van der Waals surface area contributed by atoms with Crippen molar-refractivity contribution in [2.24, 2.45) is 0 Å². The van der Waals surface area contributed by atoms with Gasteiger partial charge in [0.15, 0.2) is 0 Å². The third kappa shape index (κ3) is 2.38. The molecule has 0 aliphatic rings. The summed E-state index contributed by atoms with van der Waals surface area (Å²) in [6.45, 7) is 2.39. The SMILES string of the molecule is Cc1cnc(CNC(=O)c2ncn[nH]2)s1. The summed E-state index contributed by atoms with van der Waals surface area (Å²) in [6.07, 6.45) is 3.07. The molecule has 6 nitrogen and oxygen atoms in total. The smallest absolute Gasteiger partial charge is 0.288 e. The molecule has 2 N–H and O–H groups in total. The number of carbonyl (C=O) groups is 1. The van der Waals surface area contributed by atoms with Crippen LogP contribution in [0.3, 0.4) is 0 Å². The lowest BCUT2D eigenvalue weighted by Crippen LogP contribution is -2.23. The first-order valence-corrected chi connectivity index (χ1v) is 5.12. The van der Waals surface area contributed by atoms with E-state index in [1.165, 1.54) is 6.33 Å². The molecule has 0 unspecified atom stereocenters. The van der Waals surface area contributed by atoms with Crippen molar-refractivity contribution < 1.29 is 4.79 Å². The number of hydrogen-bond donors (Lipinski definition) is 2. The van der Waals surface area contributed by atoms with Gasteiger partial charge in [0.2, 0.25) is 5.82 Å². The molecule has 0 atom stereocenters. The van der Waals surface area contributed by atoms with E-state index in [1.54, 1.807) is 17.5 Å². The summed E-state index contributed by atoms with van der Waals surface area (Å²) in [5.41, 5.74) is 0. The third-order valence-electron chi connectivity index (χ3n) is 1.70. The maximum atomic E-state index is 11.4. The van der Waals surface area contributed by atoms with Crippen molar-refractivity contribution >= 4 is 17.2 Å². The van der Waals surface area contributed by atoms with Gasteiger partial charge in [0.05, 0.1) is 6.54 Å². The first-order chi connectivity index (χ1) is 7.25. The number of amides is 1. The van der Waals surface area contributed by atoms with Crippen molar-refractivity contribution in [1.29, 1.82) is 0 Å². The molecule has 7 heteroatoms. The lowest BCUT2D eigenvalue weighted by molar-refractivity contribution is 0.0941. The number of hydrogen-bond acceptors (Lipinski definition) is 5. The van der Waals surface area contributed by atoms with E-state index in [2.05, 4.69) is 25.5 Å². The average molecular weight is 223 g/mol. The van der Waals surface area contributed by atoms with E-state index in [0.29, 0.717) is 6.54 Å². The van der Waals surface area contributed by atoms with Gasteiger partial charge in [0, 0.05) is 11.1 Å². The van der Waals surface area contributed by atoms with Gasteiger partial charge in [-0.25, -0.2) is 9.97 Å². The molecule has 2 aromatic rings. The number of carbonyl (C=O) groups excluding carboxylic acids is 1. The van der Waals surface area contributed by atoms with Gasteiger partial charge in [-0.1, -0.05) is 0 Å². The maximum absolute atomic E-state index is 11.4. The molecule has 78 valence electrons. The van der Waals surface area contributed by atoms with E-state index in [0.717, 1.165) is 9.88 Å². The molecular weight excluding hydrogens is 214 g/mol. The predicted octanol–water partition coefficient (Wildman–Crippen LogP) is 0.500. The molecule has 0 saturated carbocycles. The van der Waals surface area contributed by atoms with Crippen LogP contribution in [-0.4, -0.2) is 26.1 Å². The second kappa shape index (κ2) is 4.18. The molecule has 2 aromatic heterocycles. The zero-order chi connectivity index (χ0) is 10.7. The number of rotatable bonds is 3. The van der Waals surface area contributed by atoms with Crippen LogP contribution in [0.4, 0.5) is 0 Å². The Morgan fingerprint density at radius 3 is 3.07 bits per heavy atom. The predicted molar refractivity (Wildman–Crippen MR) is 54.4 cm³/mol. The van der Waals surface area contributed by atoms with E-state index in [4.69, 9.17) is 0 Å². The van der Waals surface area contributed by atoms with Gasteiger partial charge >= 0.3 is 0 Å². The minimum absolute atomic E-state index is 0.211. The van der Waals surface area contributed by atoms with Crippen LogP contribution in [0.5, 0.6) is 0 Å². The van der Waals surface area contributed by atoms with E-state index in [9.17, 15) is 4.79 Å². The van der Waals surface area contributed by atoms with Gasteiger partial charge in [-0.05, 0) is 6.92 Å². The van der Waals surface area contributed by atoms with E-state index < -0.39 is 0 Å². The number of nitrogens with zero attached hydrogens (tertiary/aromatic N) is 3. The largest absolute Gasteiger partial charge is 0.343 e. The summed E-state index contributed by atoms with van der Waals surface area (Å²) < 4.78 is 0. The van der Waals surface area contributed by atoms with Crippen LogP contribution >= 0.6 is 11.3 Å². The molecule has 0 fully saturated rings. The molecule has 0 saturated heterocycles. The van der Waals surface area contributed by atoms with E-state index in [-0.39, 0.29) is 11.7 Å². The van der Waals surface area contributed by atoms with Crippen LogP contribution in [0.1, 0.15) is 20.5 Å². The molecule has 0 spiro atoms.